The summed E-state index contributed by atoms with van der Waals surface area (Å²) < 4.78 is 5.30. The fourth-order valence-corrected chi connectivity index (χ4v) is 5.82. The van der Waals surface area contributed by atoms with E-state index >= 15 is 0 Å². The molecule has 0 bridgehead atoms. The van der Waals surface area contributed by atoms with E-state index in [0.29, 0.717) is 30.2 Å². The summed E-state index contributed by atoms with van der Waals surface area (Å²) in [6.07, 6.45) is 5.65. The van der Waals surface area contributed by atoms with Crippen LogP contribution in [-0.2, 0) is 17.8 Å². The molecule has 0 N–H and O–H groups in total. The maximum absolute atomic E-state index is 13.2. The lowest BCUT2D eigenvalue weighted by Gasteiger charge is -2.45. The molecule has 0 spiro atoms. The Balaban J connectivity index is 1.23. The first-order valence-electron chi connectivity index (χ1n) is 13.2. The molecule has 7 nitrogen and oxygen atoms in total. The number of rotatable bonds is 7. The monoisotopic (exact) mass is 478 g/mol. The molecule has 1 aromatic carbocycles. The van der Waals surface area contributed by atoms with Crippen molar-refractivity contribution in [2.45, 2.75) is 77.4 Å². The van der Waals surface area contributed by atoms with Gasteiger partial charge in [-0.05, 0) is 57.9 Å². The van der Waals surface area contributed by atoms with Gasteiger partial charge in [-0.1, -0.05) is 42.4 Å². The number of aromatic nitrogens is 1. The van der Waals surface area contributed by atoms with Crippen molar-refractivity contribution >= 4 is 11.8 Å². The van der Waals surface area contributed by atoms with Crippen molar-refractivity contribution < 1.29 is 14.1 Å². The van der Waals surface area contributed by atoms with E-state index in [0.717, 1.165) is 64.0 Å². The van der Waals surface area contributed by atoms with Crippen LogP contribution in [0.25, 0.3) is 0 Å². The zero-order valence-corrected chi connectivity index (χ0v) is 21.3. The third-order valence-corrected chi connectivity index (χ3v) is 8.38. The minimum Gasteiger partial charge on any atom is -0.361 e. The van der Waals surface area contributed by atoms with Gasteiger partial charge in [0, 0.05) is 50.2 Å². The summed E-state index contributed by atoms with van der Waals surface area (Å²) in [6, 6.07) is 10.6. The fourth-order valence-electron chi connectivity index (χ4n) is 5.82. The lowest BCUT2D eigenvalue weighted by Crippen LogP contribution is -2.54. The van der Waals surface area contributed by atoms with E-state index in [1.54, 1.807) is 0 Å². The minimum absolute atomic E-state index is 0.0455. The average Bonchev–Trinajstić information content (AvgIpc) is 3.48. The molecule has 7 heteroatoms. The first-order valence-corrected chi connectivity index (χ1v) is 13.2. The minimum atomic E-state index is 0.0455. The fraction of sp³-hybridized carbons (Fsp3) is 0.607. The zero-order valence-electron chi connectivity index (χ0n) is 21.3. The first-order chi connectivity index (χ1) is 16.9. The molecule has 2 amide bonds. The van der Waals surface area contributed by atoms with Crippen LogP contribution in [0.15, 0.2) is 34.9 Å². The molecular formula is C28H38N4O3. The molecule has 5 rings (SSSR count). The molecular weight excluding hydrogens is 440 g/mol. The molecule has 2 saturated heterocycles. The number of aryl methyl sites for hydroxylation is 2. The van der Waals surface area contributed by atoms with Crippen molar-refractivity contribution in [1.82, 2.24) is 19.9 Å². The zero-order chi connectivity index (χ0) is 24.6. The highest BCUT2D eigenvalue weighted by molar-refractivity contribution is 5.96. The summed E-state index contributed by atoms with van der Waals surface area (Å²) in [7, 11) is 0. The van der Waals surface area contributed by atoms with E-state index in [1.165, 1.54) is 5.56 Å². The van der Waals surface area contributed by atoms with Gasteiger partial charge < -0.3 is 14.3 Å². The Morgan fingerprint density at radius 2 is 1.83 bits per heavy atom. The second-order valence-corrected chi connectivity index (χ2v) is 10.8. The lowest BCUT2D eigenvalue weighted by atomic mass is 9.87. The molecule has 1 aliphatic carbocycles. The Morgan fingerprint density at radius 3 is 2.49 bits per heavy atom. The summed E-state index contributed by atoms with van der Waals surface area (Å²) in [5.74, 6) is 1.22. The Labute approximate surface area is 208 Å². The number of carbonyl (C=O) groups excluding carboxylic acids is 2. The van der Waals surface area contributed by atoms with Crippen molar-refractivity contribution in [3.05, 3.63) is 52.9 Å². The molecule has 1 saturated carbocycles. The van der Waals surface area contributed by atoms with Gasteiger partial charge in [-0.2, -0.15) is 0 Å². The smallest absolute Gasteiger partial charge is 0.259 e. The number of nitrogens with zero attached hydrogens (tertiary/aromatic N) is 4. The molecule has 0 radical (unpaired) electrons. The molecule has 35 heavy (non-hydrogen) atoms. The highest BCUT2D eigenvalue weighted by Gasteiger charge is 2.44. The third-order valence-electron chi connectivity index (χ3n) is 8.38. The summed E-state index contributed by atoms with van der Waals surface area (Å²) >= 11 is 0. The van der Waals surface area contributed by atoms with Crippen LogP contribution in [0.5, 0.6) is 0 Å². The van der Waals surface area contributed by atoms with Crippen LogP contribution in [0.4, 0.5) is 0 Å². The van der Waals surface area contributed by atoms with Gasteiger partial charge in [0.05, 0.1) is 5.69 Å². The van der Waals surface area contributed by atoms with E-state index in [2.05, 4.69) is 46.1 Å². The maximum atomic E-state index is 13.2. The van der Waals surface area contributed by atoms with Gasteiger partial charge in [-0.25, -0.2) is 0 Å². The number of hydrogen-bond donors (Lipinski definition) is 0. The predicted octanol–water partition coefficient (Wildman–Crippen LogP) is 4.05. The quantitative estimate of drug-likeness (QED) is 0.600. The van der Waals surface area contributed by atoms with Crippen molar-refractivity contribution in [1.29, 1.82) is 0 Å². The molecule has 1 atom stereocenters. The van der Waals surface area contributed by atoms with Crippen molar-refractivity contribution in [2.75, 3.05) is 26.2 Å². The Bertz CT molecular complexity index is 1050. The van der Waals surface area contributed by atoms with Gasteiger partial charge >= 0.3 is 0 Å². The standard InChI is InChI=1S/C28H38N4O3/c1-4-24-25(20(2)35-29-24)27(34)30-16-13-28(3,14-17-30)31-15-12-23(19-31)32(26(33)22-10-11-22)18-21-8-6-5-7-9-21/h5-9,22-23H,4,10-19H2,1-3H3/t23-/m1/s1. The van der Waals surface area contributed by atoms with Crippen LogP contribution in [0, 0.1) is 12.8 Å². The number of benzene rings is 1. The Morgan fingerprint density at radius 1 is 1.11 bits per heavy atom. The number of amides is 2. The highest BCUT2D eigenvalue weighted by atomic mass is 16.5. The number of hydrogen-bond acceptors (Lipinski definition) is 5. The molecule has 3 aliphatic rings. The summed E-state index contributed by atoms with van der Waals surface area (Å²) in [5.41, 5.74) is 2.65. The molecule has 2 aliphatic heterocycles. The first kappa shape index (κ1) is 24.0. The van der Waals surface area contributed by atoms with Crippen molar-refractivity contribution in [3.63, 3.8) is 0 Å². The number of piperidine rings is 1. The lowest BCUT2D eigenvalue weighted by molar-refractivity contribution is -0.135. The van der Waals surface area contributed by atoms with Crippen LogP contribution in [0.2, 0.25) is 0 Å². The van der Waals surface area contributed by atoms with E-state index < -0.39 is 0 Å². The molecule has 3 fully saturated rings. The van der Waals surface area contributed by atoms with Crippen molar-refractivity contribution in [2.24, 2.45) is 5.92 Å². The van der Waals surface area contributed by atoms with Crippen LogP contribution < -0.4 is 0 Å². The molecule has 0 unspecified atom stereocenters. The van der Waals surface area contributed by atoms with Crippen LogP contribution in [0.1, 0.15) is 73.3 Å². The third kappa shape index (κ3) is 4.88. The predicted molar refractivity (Wildman–Crippen MR) is 134 cm³/mol. The highest BCUT2D eigenvalue weighted by Crippen LogP contribution is 2.37. The van der Waals surface area contributed by atoms with E-state index in [1.807, 2.05) is 24.8 Å². The van der Waals surface area contributed by atoms with Gasteiger partial charge in [0.25, 0.3) is 5.91 Å². The SMILES string of the molecule is CCc1noc(C)c1C(=O)N1CCC(C)(N2CC[C@@H](N(Cc3ccccc3)C(=O)C3CC3)C2)CC1. The van der Waals surface area contributed by atoms with Crippen molar-refractivity contribution in [3.8, 4) is 0 Å². The Kier molecular flexibility index (Phi) is 6.71. The Hall–Kier alpha value is -2.67. The van der Waals surface area contributed by atoms with E-state index in [9.17, 15) is 9.59 Å². The average molecular weight is 479 g/mol. The van der Waals surface area contributed by atoms with Gasteiger partial charge in [-0.3, -0.25) is 14.5 Å². The van der Waals surface area contributed by atoms with Crippen LogP contribution >= 0.6 is 0 Å². The maximum Gasteiger partial charge on any atom is 0.259 e. The van der Waals surface area contributed by atoms with Crippen LogP contribution in [0.3, 0.4) is 0 Å². The molecule has 1 aromatic heterocycles. The topological polar surface area (TPSA) is 69.9 Å². The normalized spacial score (nSPS) is 22.4. The summed E-state index contributed by atoms with van der Waals surface area (Å²) in [5, 5.41) is 4.06. The van der Waals surface area contributed by atoms with E-state index in [4.69, 9.17) is 4.52 Å². The number of carbonyl (C=O) groups is 2. The molecule has 2 aromatic rings. The van der Waals surface area contributed by atoms with Gasteiger partial charge in [0.15, 0.2) is 0 Å². The molecule has 3 heterocycles. The van der Waals surface area contributed by atoms with E-state index in [-0.39, 0.29) is 23.4 Å². The van der Waals surface area contributed by atoms with Gasteiger partial charge in [0.2, 0.25) is 5.91 Å². The largest absolute Gasteiger partial charge is 0.361 e. The molecule has 188 valence electrons. The summed E-state index contributed by atoms with van der Waals surface area (Å²) in [6.45, 7) is 10.2. The second-order valence-electron chi connectivity index (χ2n) is 10.8. The van der Waals surface area contributed by atoms with Crippen LogP contribution in [-0.4, -0.2) is 69.4 Å². The second kappa shape index (κ2) is 9.76. The van der Waals surface area contributed by atoms with Gasteiger partial charge in [0.1, 0.15) is 11.3 Å². The number of likely N-dealkylation sites (tertiary alicyclic amines) is 2. The van der Waals surface area contributed by atoms with Gasteiger partial charge in [-0.15, -0.1) is 0 Å². The summed E-state index contributed by atoms with van der Waals surface area (Å²) in [4.78, 5) is 33.2.